The van der Waals surface area contributed by atoms with Gasteiger partial charge >= 0.3 is 0 Å². The Morgan fingerprint density at radius 1 is 1.13 bits per heavy atom. The van der Waals surface area contributed by atoms with E-state index in [9.17, 15) is 4.39 Å². The average Bonchev–Trinajstić information content (AvgIpc) is 3.17. The molecule has 1 saturated heterocycles. The van der Waals surface area contributed by atoms with E-state index >= 15 is 0 Å². The topological polar surface area (TPSA) is 69.7 Å². The van der Waals surface area contributed by atoms with Gasteiger partial charge in [-0.15, -0.1) is 0 Å². The van der Waals surface area contributed by atoms with Gasteiger partial charge < -0.3 is 10.3 Å². The summed E-state index contributed by atoms with van der Waals surface area (Å²) in [6, 6.07) is 5.76. The molecule has 7 heteroatoms. The molecule has 0 aliphatic carbocycles. The van der Waals surface area contributed by atoms with Crippen molar-refractivity contribution in [3.63, 3.8) is 0 Å². The fourth-order valence-corrected chi connectivity index (χ4v) is 4.05. The minimum atomic E-state index is -0.420. The highest BCUT2D eigenvalue weighted by atomic mass is 19.1. The summed E-state index contributed by atoms with van der Waals surface area (Å²) in [5, 5.41) is 4.89. The molecule has 5 rings (SSSR count). The smallest absolute Gasteiger partial charge is 0.157 e. The largest absolute Gasteiger partial charge is 0.338 e. The molecule has 1 aliphatic heterocycles. The van der Waals surface area contributed by atoms with E-state index in [0.717, 1.165) is 48.3 Å². The van der Waals surface area contributed by atoms with Crippen LogP contribution in [0.5, 0.6) is 0 Å². The van der Waals surface area contributed by atoms with Crippen molar-refractivity contribution in [2.24, 2.45) is 0 Å². The molecule has 4 aromatic rings. The average molecular weight is 414 g/mol. The molecule has 5 heterocycles. The van der Waals surface area contributed by atoms with E-state index in [1.165, 1.54) is 6.20 Å². The lowest BCUT2D eigenvalue weighted by Gasteiger charge is -2.37. The summed E-state index contributed by atoms with van der Waals surface area (Å²) in [6.45, 7) is 7.88. The third kappa shape index (κ3) is 3.65. The molecule has 31 heavy (non-hydrogen) atoms. The summed E-state index contributed by atoms with van der Waals surface area (Å²) in [7, 11) is 0. The van der Waals surface area contributed by atoms with Crippen molar-refractivity contribution in [2.75, 3.05) is 26.2 Å². The van der Waals surface area contributed by atoms with Gasteiger partial charge in [-0.25, -0.2) is 9.37 Å². The maximum Gasteiger partial charge on any atom is 0.157 e. The van der Waals surface area contributed by atoms with E-state index in [-0.39, 0.29) is 5.54 Å². The van der Waals surface area contributed by atoms with E-state index in [1.54, 1.807) is 18.6 Å². The Bertz CT molecular complexity index is 1310. The molecule has 0 radical (unpaired) electrons. The first-order valence-corrected chi connectivity index (χ1v) is 10.4. The van der Waals surface area contributed by atoms with E-state index in [1.807, 2.05) is 18.2 Å². The molecule has 1 aliphatic rings. The molecule has 2 N–H and O–H groups in total. The summed E-state index contributed by atoms with van der Waals surface area (Å²) < 4.78 is 14.9. The van der Waals surface area contributed by atoms with Crippen LogP contribution in [-0.4, -0.2) is 56.6 Å². The van der Waals surface area contributed by atoms with Crippen LogP contribution in [0.25, 0.3) is 33.2 Å². The molecule has 1 fully saturated rings. The zero-order valence-electron chi connectivity index (χ0n) is 17.5. The van der Waals surface area contributed by atoms with Crippen LogP contribution in [0.1, 0.15) is 19.4 Å². The Kier molecular flexibility index (Phi) is 4.89. The molecule has 0 aromatic carbocycles. The molecule has 156 valence electrons. The van der Waals surface area contributed by atoms with Crippen molar-refractivity contribution in [1.29, 1.82) is 0 Å². The highest BCUT2D eigenvalue weighted by Gasteiger charge is 2.26. The number of halogens is 1. The minimum Gasteiger partial charge on any atom is -0.338 e. The standard InChI is InChI=1S/C24H23FN6/c1-24(2,31-10-8-26-9-11-31)6-5-17-19(25)14-29-23-22(17)18-12-20(28-15-21(18)30-23)16-4-3-7-27-13-16/h3-4,7,12-15,26H,8-11H2,1-2H3,(H,29,30). The number of nitrogens with one attached hydrogen (secondary N) is 2. The Labute approximate surface area is 179 Å². The molecule has 4 aromatic heterocycles. The zero-order valence-corrected chi connectivity index (χ0v) is 17.5. The Hall–Kier alpha value is -3.34. The second-order valence-electron chi connectivity index (χ2n) is 8.23. The molecule has 0 unspecified atom stereocenters. The van der Waals surface area contributed by atoms with Gasteiger partial charge in [0.2, 0.25) is 0 Å². The number of hydrogen-bond donors (Lipinski definition) is 2. The van der Waals surface area contributed by atoms with Crippen molar-refractivity contribution >= 4 is 21.9 Å². The molecule has 0 saturated carbocycles. The van der Waals surface area contributed by atoms with Gasteiger partial charge in [0.25, 0.3) is 0 Å². The molecule has 6 nitrogen and oxygen atoms in total. The van der Waals surface area contributed by atoms with Crippen LogP contribution >= 0.6 is 0 Å². The van der Waals surface area contributed by atoms with E-state index in [0.29, 0.717) is 16.6 Å². The summed E-state index contributed by atoms with van der Waals surface area (Å²) in [4.78, 5) is 18.5. The third-order valence-electron chi connectivity index (χ3n) is 5.82. The van der Waals surface area contributed by atoms with Gasteiger partial charge in [-0.3, -0.25) is 14.9 Å². The Morgan fingerprint density at radius 2 is 1.97 bits per heavy atom. The van der Waals surface area contributed by atoms with Crippen LogP contribution in [0.3, 0.4) is 0 Å². The quantitative estimate of drug-likeness (QED) is 0.493. The Morgan fingerprint density at radius 3 is 2.74 bits per heavy atom. The molecule has 0 bridgehead atoms. The number of rotatable bonds is 2. The predicted octanol–water partition coefficient (Wildman–Crippen LogP) is 3.35. The first-order valence-electron chi connectivity index (χ1n) is 10.4. The number of hydrogen-bond acceptors (Lipinski definition) is 5. The van der Waals surface area contributed by atoms with Crippen molar-refractivity contribution in [2.45, 2.75) is 19.4 Å². The monoisotopic (exact) mass is 414 g/mol. The third-order valence-corrected chi connectivity index (χ3v) is 5.82. The van der Waals surface area contributed by atoms with Crippen molar-refractivity contribution in [3.05, 3.63) is 54.4 Å². The van der Waals surface area contributed by atoms with Gasteiger partial charge in [-0.2, -0.15) is 0 Å². The number of fused-ring (bicyclic) bond motifs is 3. The second-order valence-corrected chi connectivity index (χ2v) is 8.23. The lowest BCUT2D eigenvalue weighted by Crippen LogP contribution is -2.52. The summed E-state index contributed by atoms with van der Waals surface area (Å²) >= 11 is 0. The number of nitrogens with zero attached hydrogens (tertiary/aromatic N) is 4. The number of aromatic nitrogens is 4. The van der Waals surface area contributed by atoms with Gasteiger partial charge in [0.15, 0.2) is 5.82 Å². The van der Waals surface area contributed by atoms with Crippen LogP contribution in [0.4, 0.5) is 4.39 Å². The zero-order chi connectivity index (χ0) is 21.4. The maximum atomic E-state index is 14.9. The maximum absolute atomic E-state index is 14.9. The predicted molar refractivity (Wildman–Crippen MR) is 120 cm³/mol. The van der Waals surface area contributed by atoms with Crippen LogP contribution in [0.2, 0.25) is 0 Å². The van der Waals surface area contributed by atoms with E-state index < -0.39 is 5.82 Å². The SMILES string of the molecule is CC(C)(C#Cc1c(F)cnc2[nH]c3cnc(-c4cccnc4)cc3c12)N1CCNCC1. The van der Waals surface area contributed by atoms with Crippen molar-refractivity contribution in [1.82, 2.24) is 30.2 Å². The van der Waals surface area contributed by atoms with Gasteiger partial charge in [0.1, 0.15) is 5.65 Å². The lowest BCUT2D eigenvalue weighted by atomic mass is 10.0. The molecular weight excluding hydrogens is 391 g/mol. The van der Waals surface area contributed by atoms with Gasteiger partial charge in [-0.1, -0.05) is 11.8 Å². The highest BCUT2D eigenvalue weighted by molar-refractivity contribution is 6.09. The van der Waals surface area contributed by atoms with Crippen LogP contribution < -0.4 is 5.32 Å². The molecular formula is C24H23FN6. The van der Waals surface area contributed by atoms with E-state index in [2.05, 4.69) is 55.8 Å². The summed E-state index contributed by atoms with van der Waals surface area (Å²) in [5.74, 6) is 6.05. The van der Waals surface area contributed by atoms with E-state index in [4.69, 9.17) is 0 Å². The number of aromatic amines is 1. The number of piperazine rings is 1. The second kappa shape index (κ2) is 7.73. The minimum absolute atomic E-state index is 0.362. The normalized spacial score (nSPS) is 15.2. The first-order chi connectivity index (χ1) is 15.0. The van der Waals surface area contributed by atoms with Crippen LogP contribution in [0.15, 0.2) is 43.0 Å². The number of pyridine rings is 3. The fourth-order valence-electron chi connectivity index (χ4n) is 4.05. The number of H-pyrrole nitrogens is 1. The highest BCUT2D eigenvalue weighted by Crippen LogP contribution is 2.30. The molecule has 0 amide bonds. The van der Waals surface area contributed by atoms with Crippen molar-refractivity contribution in [3.8, 4) is 23.1 Å². The van der Waals surface area contributed by atoms with Crippen LogP contribution in [-0.2, 0) is 0 Å². The Balaban J connectivity index is 1.65. The van der Waals surface area contributed by atoms with Crippen LogP contribution in [0, 0.1) is 17.7 Å². The fraction of sp³-hybridized carbons (Fsp3) is 0.292. The first kappa shape index (κ1) is 19.6. The van der Waals surface area contributed by atoms with Gasteiger partial charge in [-0.05, 0) is 32.0 Å². The summed E-state index contributed by atoms with van der Waals surface area (Å²) in [6.07, 6.45) is 6.47. The van der Waals surface area contributed by atoms with Crippen molar-refractivity contribution < 1.29 is 4.39 Å². The van der Waals surface area contributed by atoms with Gasteiger partial charge in [0, 0.05) is 54.9 Å². The summed E-state index contributed by atoms with van der Waals surface area (Å²) in [5.41, 5.74) is 3.07. The molecule has 0 atom stereocenters. The lowest BCUT2D eigenvalue weighted by molar-refractivity contribution is 0.149. The molecule has 0 spiro atoms. The van der Waals surface area contributed by atoms with Gasteiger partial charge in [0.05, 0.1) is 34.7 Å².